The molecule has 1 aromatic carbocycles. The molecule has 1 heterocycles. The Hall–Kier alpha value is -0.860. The molecule has 0 saturated carbocycles. The van der Waals surface area contributed by atoms with Crippen molar-refractivity contribution in [2.45, 2.75) is 63.6 Å². The van der Waals surface area contributed by atoms with Crippen LogP contribution in [0.15, 0.2) is 30.3 Å². The molecule has 1 aliphatic heterocycles. The summed E-state index contributed by atoms with van der Waals surface area (Å²) >= 11 is 0. The number of hydrogen-bond donors (Lipinski definition) is 1. The Balaban J connectivity index is 1.64. The Morgan fingerprint density at radius 1 is 1.32 bits per heavy atom. The van der Waals surface area contributed by atoms with E-state index < -0.39 is 0 Å². The molecular weight excluding hydrogens is 236 g/mol. The summed E-state index contributed by atoms with van der Waals surface area (Å²) in [5.74, 6) is 0.430. The normalized spacial score (nSPS) is 22.3. The third-order valence-corrected chi connectivity index (χ3v) is 4.08. The molecule has 2 heteroatoms. The lowest BCUT2D eigenvalue weighted by atomic mass is 9.93. The van der Waals surface area contributed by atoms with Crippen LogP contribution in [0.5, 0.6) is 0 Å². The van der Waals surface area contributed by atoms with Gasteiger partial charge in [0.1, 0.15) is 0 Å². The van der Waals surface area contributed by atoms with Crippen LogP contribution in [0.4, 0.5) is 0 Å². The first-order valence-corrected chi connectivity index (χ1v) is 7.60. The fraction of sp³-hybridized carbons (Fsp3) is 0.647. The van der Waals surface area contributed by atoms with E-state index in [2.05, 4.69) is 31.2 Å². The van der Waals surface area contributed by atoms with Gasteiger partial charge in [-0.2, -0.15) is 0 Å². The van der Waals surface area contributed by atoms with Crippen molar-refractivity contribution in [3.8, 4) is 0 Å². The van der Waals surface area contributed by atoms with E-state index in [1.165, 1.54) is 18.4 Å². The van der Waals surface area contributed by atoms with Crippen molar-refractivity contribution in [2.75, 3.05) is 6.61 Å². The second-order valence-corrected chi connectivity index (χ2v) is 5.77. The average molecular weight is 262 g/mol. The molecular formula is C17H26O2. The van der Waals surface area contributed by atoms with E-state index in [0.717, 1.165) is 32.3 Å². The first-order valence-electron chi connectivity index (χ1n) is 7.60. The quantitative estimate of drug-likeness (QED) is 0.807. The maximum atomic E-state index is 10.1. The van der Waals surface area contributed by atoms with Crippen LogP contribution in [0.1, 0.15) is 56.9 Å². The van der Waals surface area contributed by atoms with Gasteiger partial charge >= 0.3 is 0 Å². The first-order chi connectivity index (χ1) is 9.25. The van der Waals surface area contributed by atoms with Gasteiger partial charge in [-0.3, -0.25) is 0 Å². The van der Waals surface area contributed by atoms with Crippen LogP contribution in [0.25, 0.3) is 0 Å². The molecule has 2 nitrogen and oxygen atoms in total. The molecule has 19 heavy (non-hydrogen) atoms. The summed E-state index contributed by atoms with van der Waals surface area (Å²) < 4.78 is 5.60. The monoisotopic (exact) mass is 262 g/mol. The Bertz CT molecular complexity index is 344. The second-order valence-electron chi connectivity index (χ2n) is 5.77. The number of aliphatic hydroxyl groups is 1. The van der Waals surface area contributed by atoms with Gasteiger partial charge in [-0.25, -0.2) is 0 Å². The molecule has 0 spiro atoms. The maximum Gasteiger partial charge on any atom is 0.0576 e. The second kappa shape index (κ2) is 7.66. The summed E-state index contributed by atoms with van der Waals surface area (Å²) in [7, 11) is 0. The minimum atomic E-state index is -0.184. The van der Waals surface area contributed by atoms with Gasteiger partial charge in [-0.15, -0.1) is 0 Å². The number of aliphatic hydroxyl groups excluding tert-OH is 1. The van der Waals surface area contributed by atoms with Crippen LogP contribution in [0.3, 0.4) is 0 Å². The minimum absolute atomic E-state index is 0.184. The maximum absolute atomic E-state index is 10.1. The average Bonchev–Trinajstić information content (AvgIpc) is 2.93. The Morgan fingerprint density at radius 3 is 2.79 bits per heavy atom. The molecule has 0 bridgehead atoms. The van der Waals surface area contributed by atoms with Crippen molar-refractivity contribution >= 4 is 0 Å². The molecule has 1 aliphatic rings. The van der Waals surface area contributed by atoms with Gasteiger partial charge < -0.3 is 9.84 Å². The lowest BCUT2D eigenvalue weighted by molar-refractivity contribution is 0.0923. The van der Waals surface area contributed by atoms with Crippen molar-refractivity contribution in [3.63, 3.8) is 0 Å². The Morgan fingerprint density at radius 2 is 2.11 bits per heavy atom. The molecule has 1 N–H and O–H groups in total. The summed E-state index contributed by atoms with van der Waals surface area (Å²) in [4.78, 5) is 0. The highest BCUT2D eigenvalue weighted by Crippen LogP contribution is 2.23. The SMILES string of the molecule is CC(CC(O)CCCC1CCCO1)c1ccccc1. The van der Waals surface area contributed by atoms with E-state index in [9.17, 15) is 5.11 Å². The number of ether oxygens (including phenoxy) is 1. The highest BCUT2D eigenvalue weighted by Gasteiger charge is 2.16. The molecule has 3 unspecified atom stereocenters. The molecule has 3 atom stereocenters. The van der Waals surface area contributed by atoms with E-state index in [1.54, 1.807) is 0 Å². The van der Waals surface area contributed by atoms with Crippen molar-refractivity contribution < 1.29 is 9.84 Å². The fourth-order valence-electron chi connectivity index (χ4n) is 2.90. The summed E-state index contributed by atoms with van der Waals surface area (Å²) in [6.07, 6.45) is 6.63. The van der Waals surface area contributed by atoms with Gasteiger partial charge in [0, 0.05) is 6.61 Å². The van der Waals surface area contributed by atoms with E-state index in [0.29, 0.717) is 12.0 Å². The van der Waals surface area contributed by atoms with Crippen molar-refractivity contribution in [1.29, 1.82) is 0 Å². The van der Waals surface area contributed by atoms with Gasteiger partial charge in [0.2, 0.25) is 0 Å². The highest BCUT2D eigenvalue weighted by molar-refractivity contribution is 5.18. The van der Waals surface area contributed by atoms with Gasteiger partial charge in [0.25, 0.3) is 0 Å². The third-order valence-electron chi connectivity index (χ3n) is 4.08. The zero-order valence-corrected chi connectivity index (χ0v) is 11.9. The molecule has 2 rings (SSSR count). The Kier molecular flexibility index (Phi) is 5.87. The molecule has 1 saturated heterocycles. The summed E-state index contributed by atoms with van der Waals surface area (Å²) in [6.45, 7) is 3.12. The Labute approximate surface area is 116 Å². The number of hydrogen-bond acceptors (Lipinski definition) is 2. The standard InChI is InChI=1S/C17H26O2/c1-14(15-7-3-2-4-8-15)13-16(18)9-5-10-17-11-6-12-19-17/h2-4,7-8,14,16-18H,5-6,9-13H2,1H3. The van der Waals surface area contributed by atoms with E-state index in [-0.39, 0.29) is 6.10 Å². The molecule has 106 valence electrons. The smallest absolute Gasteiger partial charge is 0.0576 e. The zero-order chi connectivity index (χ0) is 13.5. The summed E-state index contributed by atoms with van der Waals surface area (Å²) in [6, 6.07) is 10.5. The van der Waals surface area contributed by atoms with Crippen LogP contribution in [-0.2, 0) is 4.74 Å². The summed E-state index contributed by atoms with van der Waals surface area (Å²) in [5.41, 5.74) is 1.32. The van der Waals surface area contributed by atoms with E-state index >= 15 is 0 Å². The van der Waals surface area contributed by atoms with Crippen LogP contribution >= 0.6 is 0 Å². The van der Waals surface area contributed by atoms with Crippen molar-refractivity contribution in [2.24, 2.45) is 0 Å². The highest BCUT2D eigenvalue weighted by atomic mass is 16.5. The van der Waals surface area contributed by atoms with Gasteiger partial charge in [0.05, 0.1) is 12.2 Å². The lowest BCUT2D eigenvalue weighted by Gasteiger charge is -2.17. The topological polar surface area (TPSA) is 29.5 Å². The van der Waals surface area contributed by atoms with Crippen LogP contribution in [-0.4, -0.2) is 23.9 Å². The van der Waals surface area contributed by atoms with E-state index in [1.807, 2.05) is 6.07 Å². The molecule has 0 amide bonds. The zero-order valence-electron chi connectivity index (χ0n) is 11.9. The first kappa shape index (κ1) is 14.5. The van der Waals surface area contributed by atoms with Crippen LogP contribution < -0.4 is 0 Å². The fourth-order valence-corrected chi connectivity index (χ4v) is 2.90. The van der Waals surface area contributed by atoms with Gasteiger partial charge in [-0.1, -0.05) is 37.3 Å². The number of rotatable bonds is 7. The van der Waals surface area contributed by atoms with E-state index in [4.69, 9.17) is 4.74 Å². The predicted octanol–water partition coefficient (Wildman–Crippen LogP) is 3.89. The minimum Gasteiger partial charge on any atom is -0.393 e. The molecule has 1 aromatic rings. The summed E-state index contributed by atoms with van der Waals surface area (Å²) in [5, 5.41) is 10.1. The van der Waals surface area contributed by atoms with Crippen LogP contribution in [0.2, 0.25) is 0 Å². The molecule has 0 aliphatic carbocycles. The lowest BCUT2D eigenvalue weighted by Crippen LogP contribution is -2.12. The molecule has 0 aromatic heterocycles. The van der Waals surface area contributed by atoms with Gasteiger partial charge in [-0.05, 0) is 50.0 Å². The number of benzene rings is 1. The van der Waals surface area contributed by atoms with Crippen LogP contribution in [0, 0.1) is 0 Å². The van der Waals surface area contributed by atoms with Crippen molar-refractivity contribution in [3.05, 3.63) is 35.9 Å². The predicted molar refractivity (Wildman–Crippen MR) is 78.3 cm³/mol. The third kappa shape index (κ3) is 4.96. The van der Waals surface area contributed by atoms with Gasteiger partial charge in [0.15, 0.2) is 0 Å². The molecule has 0 radical (unpaired) electrons. The largest absolute Gasteiger partial charge is 0.393 e. The van der Waals surface area contributed by atoms with Crippen molar-refractivity contribution in [1.82, 2.24) is 0 Å². The molecule has 1 fully saturated rings.